The minimum atomic E-state index is -0.963. The van der Waals surface area contributed by atoms with E-state index in [-0.39, 0.29) is 29.2 Å². The highest BCUT2D eigenvalue weighted by Gasteiger charge is 2.45. The summed E-state index contributed by atoms with van der Waals surface area (Å²) in [5.74, 6) is -1.52. The topological polar surface area (TPSA) is 51.2 Å². The maximum atomic E-state index is 12.4. The first-order valence-electron chi connectivity index (χ1n) is 8.05. The van der Waals surface area contributed by atoms with Gasteiger partial charge >= 0.3 is 0 Å². The fourth-order valence-corrected chi connectivity index (χ4v) is 3.93. The third-order valence-corrected chi connectivity index (χ3v) is 4.95. The molecule has 2 aliphatic rings. The van der Waals surface area contributed by atoms with Gasteiger partial charge in [-0.05, 0) is 56.2 Å². The average Bonchev–Trinajstić information content (AvgIpc) is 3.20. The number of Topliss-reactive ketones (excluding diaryl/α,β-unsaturated/α-hetero) is 3. The number of ketones is 3. The molecule has 0 aliphatic heterocycles. The summed E-state index contributed by atoms with van der Waals surface area (Å²) in [5, 5.41) is 0. The van der Waals surface area contributed by atoms with Crippen LogP contribution in [0.1, 0.15) is 53.9 Å². The third kappa shape index (κ3) is 2.65. The maximum Gasteiger partial charge on any atom is 0.153 e. The zero-order valence-corrected chi connectivity index (χ0v) is 13.4. The number of rotatable bonds is 3. The Kier molecular flexibility index (Phi) is 3.75. The smallest absolute Gasteiger partial charge is 0.153 e. The minimum absolute atomic E-state index is 0.0303. The molecule has 0 bridgehead atoms. The highest BCUT2D eigenvalue weighted by atomic mass is 16.2. The van der Waals surface area contributed by atoms with Gasteiger partial charge in [0, 0.05) is 18.8 Å². The van der Waals surface area contributed by atoms with Crippen LogP contribution in [0.2, 0.25) is 0 Å². The monoisotopic (exact) mass is 298 g/mol. The quantitative estimate of drug-likeness (QED) is 0.805. The predicted molar refractivity (Wildman–Crippen MR) is 83.9 cm³/mol. The summed E-state index contributed by atoms with van der Waals surface area (Å²) < 4.78 is 0. The van der Waals surface area contributed by atoms with E-state index < -0.39 is 5.92 Å². The zero-order valence-electron chi connectivity index (χ0n) is 13.4. The van der Waals surface area contributed by atoms with Crippen LogP contribution in [-0.2, 0) is 14.4 Å². The molecule has 0 N–H and O–H groups in total. The summed E-state index contributed by atoms with van der Waals surface area (Å²) in [6.07, 6.45) is 2.32. The number of hydrogen-bond donors (Lipinski definition) is 0. The molecule has 3 nitrogen and oxygen atoms in total. The Morgan fingerprint density at radius 1 is 0.955 bits per heavy atom. The molecule has 2 fully saturated rings. The highest BCUT2D eigenvalue weighted by Crippen LogP contribution is 2.39. The number of benzene rings is 1. The summed E-state index contributed by atoms with van der Waals surface area (Å²) in [7, 11) is 0. The van der Waals surface area contributed by atoms with Gasteiger partial charge in [0.1, 0.15) is 5.92 Å². The number of aryl methyl sites for hydroxylation is 3. The van der Waals surface area contributed by atoms with E-state index in [1.807, 2.05) is 20.8 Å². The van der Waals surface area contributed by atoms with E-state index in [0.717, 1.165) is 29.5 Å². The molecule has 0 radical (unpaired) electrons. The molecule has 3 heteroatoms. The van der Waals surface area contributed by atoms with Crippen LogP contribution < -0.4 is 0 Å². The van der Waals surface area contributed by atoms with Crippen LogP contribution in [0.15, 0.2) is 12.1 Å². The van der Waals surface area contributed by atoms with Crippen LogP contribution in [0.3, 0.4) is 0 Å². The molecule has 0 aromatic heterocycles. The van der Waals surface area contributed by atoms with E-state index in [1.54, 1.807) is 0 Å². The summed E-state index contributed by atoms with van der Waals surface area (Å²) >= 11 is 0. The van der Waals surface area contributed by atoms with Crippen LogP contribution in [0.5, 0.6) is 0 Å². The van der Waals surface area contributed by atoms with E-state index in [4.69, 9.17) is 0 Å². The van der Waals surface area contributed by atoms with Crippen LogP contribution in [-0.4, -0.2) is 17.3 Å². The van der Waals surface area contributed by atoms with Crippen molar-refractivity contribution in [3.05, 3.63) is 34.4 Å². The SMILES string of the molecule is Cc1cc(C)c(C2CC(=O)C(C(=O)C3CC3)C(=O)C2)c(C)c1. The van der Waals surface area contributed by atoms with Crippen molar-refractivity contribution in [2.24, 2.45) is 11.8 Å². The van der Waals surface area contributed by atoms with Crippen molar-refractivity contribution >= 4 is 17.3 Å². The van der Waals surface area contributed by atoms with Crippen molar-refractivity contribution in [2.75, 3.05) is 0 Å². The molecule has 0 amide bonds. The Bertz CT molecular complexity index is 626. The molecule has 116 valence electrons. The molecule has 1 aromatic carbocycles. The Balaban J connectivity index is 1.86. The van der Waals surface area contributed by atoms with E-state index in [9.17, 15) is 14.4 Å². The van der Waals surface area contributed by atoms with Gasteiger partial charge in [-0.15, -0.1) is 0 Å². The molecule has 0 saturated heterocycles. The first kappa shape index (κ1) is 15.1. The summed E-state index contributed by atoms with van der Waals surface area (Å²) in [5.41, 5.74) is 4.57. The van der Waals surface area contributed by atoms with Crippen LogP contribution in [0.25, 0.3) is 0 Å². The van der Waals surface area contributed by atoms with Gasteiger partial charge in [-0.2, -0.15) is 0 Å². The van der Waals surface area contributed by atoms with Gasteiger partial charge in [-0.3, -0.25) is 14.4 Å². The minimum Gasteiger partial charge on any atom is -0.298 e. The molecule has 0 spiro atoms. The third-order valence-electron chi connectivity index (χ3n) is 4.95. The van der Waals surface area contributed by atoms with E-state index in [2.05, 4.69) is 12.1 Å². The second kappa shape index (κ2) is 5.45. The summed E-state index contributed by atoms with van der Waals surface area (Å²) in [6.45, 7) is 6.11. The second-order valence-corrected chi connectivity index (χ2v) is 6.96. The predicted octanol–water partition coefficient (Wildman–Crippen LogP) is 3.22. The van der Waals surface area contributed by atoms with Crippen LogP contribution in [0.4, 0.5) is 0 Å². The second-order valence-electron chi connectivity index (χ2n) is 6.96. The van der Waals surface area contributed by atoms with Crippen molar-refractivity contribution in [1.82, 2.24) is 0 Å². The first-order valence-corrected chi connectivity index (χ1v) is 8.05. The average molecular weight is 298 g/mol. The standard InChI is InChI=1S/C19H22O3/c1-10-6-11(2)17(12(3)7-10)14-8-15(20)18(16(21)9-14)19(22)13-4-5-13/h6-7,13-14,18H,4-5,8-9H2,1-3H3. The van der Waals surface area contributed by atoms with Crippen molar-refractivity contribution in [3.8, 4) is 0 Å². The van der Waals surface area contributed by atoms with Gasteiger partial charge in [-0.25, -0.2) is 0 Å². The van der Waals surface area contributed by atoms with Crippen LogP contribution >= 0.6 is 0 Å². The van der Waals surface area contributed by atoms with Gasteiger partial charge in [0.2, 0.25) is 0 Å². The van der Waals surface area contributed by atoms with Crippen molar-refractivity contribution in [2.45, 2.75) is 52.4 Å². The number of hydrogen-bond acceptors (Lipinski definition) is 3. The Labute approximate surface area is 131 Å². The number of carbonyl (C=O) groups is 3. The zero-order chi connectivity index (χ0) is 16.0. The summed E-state index contributed by atoms with van der Waals surface area (Å²) in [6, 6.07) is 4.19. The van der Waals surface area contributed by atoms with Gasteiger partial charge in [0.25, 0.3) is 0 Å². The molecule has 0 atom stereocenters. The highest BCUT2D eigenvalue weighted by molar-refractivity contribution is 6.21. The van der Waals surface area contributed by atoms with E-state index >= 15 is 0 Å². The molecular weight excluding hydrogens is 276 g/mol. The van der Waals surface area contributed by atoms with Crippen molar-refractivity contribution in [3.63, 3.8) is 0 Å². The fourth-order valence-electron chi connectivity index (χ4n) is 3.93. The molecule has 0 heterocycles. The Morgan fingerprint density at radius 2 is 1.45 bits per heavy atom. The first-order chi connectivity index (χ1) is 10.4. The Hall–Kier alpha value is -1.77. The molecule has 2 aliphatic carbocycles. The molecule has 1 aromatic rings. The lowest BCUT2D eigenvalue weighted by atomic mass is 9.73. The molecule has 22 heavy (non-hydrogen) atoms. The molecular formula is C19H22O3. The summed E-state index contributed by atoms with van der Waals surface area (Å²) in [4.78, 5) is 37.0. The maximum absolute atomic E-state index is 12.4. The molecule has 3 rings (SSSR count). The Morgan fingerprint density at radius 3 is 1.91 bits per heavy atom. The fraction of sp³-hybridized carbons (Fsp3) is 0.526. The number of carbonyl (C=O) groups excluding carboxylic acids is 3. The van der Waals surface area contributed by atoms with Crippen molar-refractivity contribution in [1.29, 1.82) is 0 Å². The normalized spacial score (nSPS) is 25.4. The largest absolute Gasteiger partial charge is 0.298 e. The van der Waals surface area contributed by atoms with Gasteiger partial charge < -0.3 is 0 Å². The lowest BCUT2D eigenvalue weighted by molar-refractivity contribution is -0.143. The van der Waals surface area contributed by atoms with E-state index in [1.165, 1.54) is 5.56 Å². The molecule has 2 saturated carbocycles. The lowest BCUT2D eigenvalue weighted by Gasteiger charge is -2.28. The van der Waals surface area contributed by atoms with Crippen LogP contribution in [0, 0.1) is 32.6 Å². The van der Waals surface area contributed by atoms with Gasteiger partial charge in [0.15, 0.2) is 17.3 Å². The van der Waals surface area contributed by atoms with Gasteiger partial charge in [0.05, 0.1) is 0 Å². The van der Waals surface area contributed by atoms with Crippen molar-refractivity contribution < 1.29 is 14.4 Å². The lowest BCUT2D eigenvalue weighted by Crippen LogP contribution is -2.39. The molecule has 0 unspecified atom stereocenters. The van der Waals surface area contributed by atoms with E-state index in [0.29, 0.717) is 12.8 Å². The van der Waals surface area contributed by atoms with Gasteiger partial charge in [-0.1, -0.05) is 17.7 Å².